The molecule has 0 unspecified atom stereocenters. The maximum atomic E-state index is 12.7. The number of fused-ring (bicyclic) bond motifs is 1. The van der Waals surface area contributed by atoms with E-state index >= 15 is 0 Å². The third-order valence-electron chi connectivity index (χ3n) is 3.90. The molecule has 5 nitrogen and oxygen atoms in total. The summed E-state index contributed by atoms with van der Waals surface area (Å²) < 4.78 is 1.73. The summed E-state index contributed by atoms with van der Waals surface area (Å²) in [5.41, 5.74) is 3.10. The fourth-order valence-corrected chi connectivity index (χ4v) is 2.71. The van der Waals surface area contributed by atoms with Gasteiger partial charge in [-0.3, -0.25) is 9.48 Å². The average molecular weight is 302 g/mol. The van der Waals surface area contributed by atoms with Gasteiger partial charge in [0.25, 0.3) is 5.91 Å². The van der Waals surface area contributed by atoms with E-state index in [1.165, 1.54) is 0 Å². The van der Waals surface area contributed by atoms with Crippen LogP contribution in [0.3, 0.4) is 0 Å². The lowest BCUT2D eigenvalue weighted by Gasteiger charge is -2.15. The topological polar surface area (TPSA) is 59.8 Å². The van der Waals surface area contributed by atoms with Crippen molar-refractivity contribution in [3.05, 3.63) is 23.0 Å². The first-order chi connectivity index (χ1) is 10.3. The van der Waals surface area contributed by atoms with Crippen molar-refractivity contribution >= 4 is 16.9 Å². The maximum Gasteiger partial charge on any atom is 0.252 e. The largest absolute Gasteiger partial charge is 0.350 e. The predicted octanol–water partition coefficient (Wildman–Crippen LogP) is 3.14. The van der Waals surface area contributed by atoms with Crippen LogP contribution in [0.1, 0.15) is 55.4 Å². The Morgan fingerprint density at radius 2 is 1.95 bits per heavy atom. The number of hydrogen-bond acceptors (Lipinski definition) is 3. The molecule has 2 heterocycles. The molecule has 0 saturated heterocycles. The molecule has 1 N–H and O–H groups in total. The van der Waals surface area contributed by atoms with Gasteiger partial charge < -0.3 is 5.32 Å². The number of carbonyl (C=O) groups is 1. The Labute approximate surface area is 132 Å². The van der Waals surface area contributed by atoms with Gasteiger partial charge in [0, 0.05) is 18.8 Å². The van der Waals surface area contributed by atoms with Crippen molar-refractivity contribution in [2.45, 2.75) is 53.5 Å². The highest BCUT2D eigenvalue weighted by Crippen LogP contribution is 2.21. The Kier molecular flexibility index (Phi) is 4.84. The van der Waals surface area contributed by atoms with Gasteiger partial charge in [-0.05, 0) is 45.6 Å². The first-order valence-corrected chi connectivity index (χ1v) is 7.91. The molecule has 5 heteroatoms. The highest BCUT2D eigenvalue weighted by atomic mass is 16.1. The van der Waals surface area contributed by atoms with E-state index in [1.807, 2.05) is 27.0 Å². The van der Waals surface area contributed by atoms with Crippen LogP contribution in [0.25, 0.3) is 11.0 Å². The molecule has 2 rings (SSSR count). The van der Waals surface area contributed by atoms with Crippen LogP contribution in [-0.4, -0.2) is 26.7 Å². The number of aromatic nitrogens is 3. The first-order valence-electron chi connectivity index (χ1n) is 7.91. The second kappa shape index (κ2) is 6.46. The van der Waals surface area contributed by atoms with E-state index < -0.39 is 0 Å². The SMILES string of the molecule is Cc1cc(C(=O)N[C@@H](C)CCC(C)C)c2c(C)nn(C)c2n1. The van der Waals surface area contributed by atoms with Gasteiger partial charge >= 0.3 is 0 Å². The van der Waals surface area contributed by atoms with Gasteiger partial charge in [0.1, 0.15) is 0 Å². The third kappa shape index (κ3) is 3.46. The Balaban J connectivity index is 2.28. The van der Waals surface area contributed by atoms with E-state index in [1.54, 1.807) is 4.68 Å². The highest BCUT2D eigenvalue weighted by molar-refractivity contribution is 6.06. The number of nitrogens with zero attached hydrogens (tertiary/aromatic N) is 3. The number of aryl methyl sites for hydroxylation is 3. The van der Waals surface area contributed by atoms with Gasteiger partial charge in [0.15, 0.2) is 5.65 Å². The summed E-state index contributed by atoms with van der Waals surface area (Å²) in [6.45, 7) is 10.3. The van der Waals surface area contributed by atoms with Crippen molar-refractivity contribution in [3.63, 3.8) is 0 Å². The number of hydrogen-bond donors (Lipinski definition) is 1. The van der Waals surface area contributed by atoms with Gasteiger partial charge in [-0.25, -0.2) is 4.98 Å². The van der Waals surface area contributed by atoms with Crippen molar-refractivity contribution in [3.8, 4) is 0 Å². The average Bonchev–Trinajstić information content (AvgIpc) is 2.70. The normalized spacial score (nSPS) is 12.9. The Morgan fingerprint density at radius 1 is 1.27 bits per heavy atom. The molecule has 1 amide bonds. The Hall–Kier alpha value is -1.91. The lowest BCUT2D eigenvalue weighted by Crippen LogP contribution is -2.33. The van der Waals surface area contributed by atoms with Crippen LogP contribution in [0, 0.1) is 19.8 Å². The minimum absolute atomic E-state index is 0.0390. The van der Waals surface area contributed by atoms with Crippen LogP contribution >= 0.6 is 0 Å². The maximum absolute atomic E-state index is 12.7. The van der Waals surface area contributed by atoms with Crippen molar-refractivity contribution in [2.75, 3.05) is 0 Å². The summed E-state index contributed by atoms with van der Waals surface area (Å²) in [5.74, 6) is 0.609. The summed E-state index contributed by atoms with van der Waals surface area (Å²) in [6.07, 6.45) is 2.10. The molecule has 0 radical (unpaired) electrons. The molecule has 0 spiro atoms. The minimum atomic E-state index is -0.0390. The molecule has 2 aromatic rings. The lowest BCUT2D eigenvalue weighted by molar-refractivity contribution is 0.0938. The molecule has 0 saturated carbocycles. The minimum Gasteiger partial charge on any atom is -0.350 e. The molecule has 22 heavy (non-hydrogen) atoms. The molecular weight excluding hydrogens is 276 g/mol. The smallest absolute Gasteiger partial charge is 0.252 e. The first kappa shape index (κ1) is 16.5. The van der Waals surface area contributed by atoms with E-state index in [4.69, 9.17) is 0 Å². The van der Waals surface area contributed by atoms with Crippen LogP contribution in [0.2, 0.25) is 0 Å². The standard InChI is InChI=1S/C17H26N4O/c1-10(2)7-8-11(3)19-17(22)14-9-12(4)18-16-15(14)13(5)20-21(16)6/h9-11H,7-8H2,1-6H3,(H,19,22)/t11-/m0/s1. The van der Waals surface area contributed by atoms with Crippen molar-refractivity contribution in [2.24, 2.45) is 13.0 Å². The summed E-state index contributed by atoms with van der Waals surface area (Å²) in [4.78, 5) is 17.1. The van der Waals surface area contributed by atoms with E-state index in [-0.39, 0.29) is 11.9 Å². The van der Waals surface area contributed by atoms with Crippen LogP contribution in [-0.2, 0) is 7.05 Å². The summed E-state index contributed by atoms with van der Waals surface area (Å²) in [7, 11) is 1.86. The zero-order valence-electron chi connectivity index (χ0n) is 14.4. The number of amides is 1. The van der Waals surface area contributed by atoms with Gasteiger partial charge in [-0.1, -0.05) is 13.8 Å². The van der Waals surface area contributed by atoms with E-state index in [0.717, 1.165) is 35.3 Å². The predicted molar refractivity (Wildman–Crippen MR) is 89.0 cm³/mol. The van der Waals surface area contributed by atoms with E-state index in [0.29, 0.717) is 11.5 Å². The highest BCUT2D eigenvalue weighted by Gasteiger charge is 2.18. The van der Waals surface area contributed by atoms with Gasteiger partial charge in [0.05, 0.1) is 16.6 Å². The zero-order valence-corrected chi connectivity index (χ0v) is 14.4. The van der Waals surface area contributed by atoms with Crippen molar-refractivity contribution < 1.29 is 4.79 Å². The Morgan fingerprint density at radius 3 is 2.59 bits per heavy atom. The fraction of sp³-hybridized carbons (Fsp3) is 0.588. The molecular formula is C17H26N4O. The number of carbonyl (C=O) groups excluding carboxylic acids is 1. The molecule has 120 valence electrons. The van der Waals surface area contributed by atoms with Crippen molar-refractivity contribution in [1.82, 2.24) is 20.1 Å². The second-order valence-electron chi connectivity index (χ2n) is 6.56. The molecule has 0 aliphatic rings. The monoisotopic (exact) mass is 302 g/mol. The van der Waals surface area contributed by atoms with E-state index in [9.17, 15) is 4.79 Å². The Bertz CT molecular complexity index is 688. The molecule has 0 aromatic carbocycles. The summed E-state index contributed by atoms with van der Waals surface area (Å²) in [6, 6.07) is 2.01. The number of nitrogens with one attached hydrogen (secondary N) is 1. The van der Waals surface area contributed by atoms with Gasteiger partial charge in [-0.2, -0.15) is 5.10 Å². The second-order valence-corrected chi connectivity index (χ2v) is 6.56. The van der Waals surface area contributed by atoms with Gasteiger partial charge in [0.2, 0.25) is 0 Å². The quantitative estimate of drug-likeness (QED) is 0.923. The molecule has 0 bridgehead atoms. The van der Waals surface area contributed by atoms with Crippen LogP contribution < -0.4 is 5.32 Å². The lowest BCUT2D eigenvalue weighted by atomic mass is 10.0. The zero-order chi connectivity index (χ0) is 16.4. The fourth-order valence-electron chi connectivity index (χ4n) is 2.71. The van der Waals surface area contributed by atoms with E-state index in [2.05, 4.69) is 36.2 Å². The van der Waals surface area contributed by atoms with Gasteiger partial charge in [-0.15, -0.1) is 0 Å². The molecule has 0 fully saturated rings. The third-order valence-corrected chi connectivity index (χ3v) is 3.90. The molecule has 2 aromatic heterocycles. The van der Waals surface area contributed by atoms with Crippen LogP contribution in [0.5, 0.6) is 0 Å². The number of pyridine rings is 1. The van der Waals surface area contributed by atoms with Crippen LogP contribution in [0.4, 0.5) is 0 Å². The molecule has 1 atom stereocenters. The molecule has 0 aliphatic carbocycles. The summed E-state index contributed by atoms with van der Waals surface area (Å²) in [5, 5.41) is 8.34. The molecule has 0 aliphatic heterocycles. The number of rotatable bonds is 5. The van der Waals surface area contributed by atoms with Crippen molar-refractivity contribution in [1.29, 1.82) is 0 Å². The summed E-state index contributed by atoms with van der Waals surface area (Å²) >= 11 is 0. The van der Waals surface area contributed by atoms with Crippen LogP contribution in [0.15, 0.2) is 6.07 Å².